The smallest absolute Gasteiger partial charge is 0.237 e. The maximum atomic E-state index is 13.1. The van der Waals surface area contributed by atoms with Crippen LogP contribution in [0.5, 0.6) is 0 Å². The molecule has 2 aromatic carbocycles. The number of rotatable bonds is 5. The minimum atomic E-state index is 0.263. The lowest BCUT2D eigenvalue weighted by atomic mass is 9.84. The maximum Gasteiger partial charge on any atom is 0.237 e. The zero-order valence-electron chi connectivity index (χ0n) is 15.8. The number of benzene rings is 2. The van der Waals surface area contributed by atoms with Gasteiger partial charge in [-0.05, 0) is 43.4 Å². The van der Waals surface area contributed by atoms with E-state index in [0.29, 0.717) is 18.6 Å². The van der Waals surface area contributed by atoms with Crippen LogP contribution in [0.25, 0.3) is 0 Å². The quantitative estimate of drug-likeness (QED) is 0.814. The van der Waals surface area contributed by atoms with E-state index in [-0.39, 0.29) is 11.8 Å². The molecule has 4 rings (SSSR count). The van der Waals surface area contributed by atoms with Crippen LogP contribution in [-0.4, -0.2) is 40.9 Å². The molecule has 2 aliphatic rings. The molecule has 0 saturated heterocycles. The summed E-state index contributed by atoms with van der Waals surface area (Å²) in [4.78, 5) is 17.6. The van der Waals surface area contributed by atoms with Gasteiger partial charge >= 0.3 is 0 Å². The number of carbonyl (C=O) groups excluding carboxylic acids is 1. The van der Waals surface area contributed by atoms with Crippen molar-refractivity contribution in [2.24, 2.45) is 0 Å². The molecule has 1 unspecified atom stereocenters. The first kappa shape index (κ1) is 17.3. The molecule has 1 aliphatic heterocycles. The molecule has 0 radical (unpaired) electrons. The first-order valence-corrected chi connectivity index (χ1v) is 9.79. The van der Waals surface area contributed by atoms with Gasteiger partial charge in [0.2, 0.25) is 5.91 Å². The molecule has 3 nitrogen and oxygen atoms in total. The van der Waals surface area contributed by atoms with Crippen molar-refractivity contribution in [2.75, 3.05) is 13.1 Å². The van der Waals surface area contributed by atoms with E-state index in [2.05, 4.69) is 78.2 Å². The fourth-order valence-corrected chi connectivity index (χ4v) is 4.16. The lowest BCUT2D eigenvalue weighted by Gasteiger charge is -2.37. The van der Waals surface area contributed by atoms with Crippen LogP contribution in [0.15, 0.2) is 54.6 Å². The van der Waals surface area contributed by atoms with Crippen molar-refractivity contribution in [2.45, 2.75) is 51.2 Å². The lowest BCUT2D eigenvalue weighted by molar-refractivity contribution is -0.134. The van der Waals surface area contributed by atoms with Crippen molar-refractivity contribution in [3.63, 3.8) is 0 Å². The molecule has 0 spiro atoms. The molecule has 1 amide bonds. The van der Waals surface area contributed by atoms with E-state index in [9.17, 15) is 4.79 Å². The van der Waals surface area contributed by atoms with Crippen LogP contribution >= 0.6 is 0 Å². The molecule has 26 heavy (non-hydrogen) atoms. The van der Waals surface area contributed by atoms with Crippen molar-refractivity contribution in [3.8, 4) is 0 Å². The molecule has 3 heteroatoms. The number of nitrogens with zero attached hydrogens (tertiary/aromatic N) is 2. The summed E-state index contributed by atoms with van der Waals surface area (Å²) in [6.07, 6.45) is 2.47. The van der Waals surface area contributed by atoms with E-state index in [1.54, 1.807) is 0 Å². The van der Waals surface area contributed by atoms with Crippen LogP contribution in [0.3, 0.4) is 0 Å². The molecule has 0 N–H and O–H groups in total. The van der Waals surface area contributed by atoms with Crippen LogP contribution in [0.2, 0.25) is 0 Å². The van der Waals surface area contributed by atoms with E-state index in [4.69, 9.17) is 0 Å². The maximum absolute atomic E-state index is 13.1. The molecule has 0 aromatic heterocycles. The molecule has 1 heterocycles. The first-order chi connectivity index (χ1) is 12.6. The van der Waals surface area contributed by atoms with Gasteiger partial charge < -0.3 is 4.90 Å². The summed E-state index contributed by atoms with van der Waals surface area (Å²) in [7, 11) is 0. The van der Waals surface area contributed by atoms with Gasteiger partial charge in [0.15, 0.2) is 0 Å². The SMILES string of the molecule is CC(C)N(CC(=O)N1Cc2ccccc2C(c2ccccc2)C1)C1CC1. The summed E-state index contributed by atoms with van der Waals surface area (Å²) in [5.74, 6) is 0.527. The molecule has 1 fully saturated rings. The van der Waals surface area contributed by atoms with Gasteiger partial charge in [0, 0.05) is 31.1 Å². The summed E-state index contributed by atoms with van der Waals surface area (Å²) in [5, 5.41) is 0. The number of carbonyl (C=O) groups is 1. The van der Waals surface area contributed by atoms with E-state index < -0.39 is 0 Å². The summed E-state index contributed by atoms with van der Waals surface area (Å²) in [6.45, 7) is 6.45. The molecular weight excluding hydrogens is 320 g/mol. The molecule has 1 aliphatic carbocycles. The molecular formula is C23H28N2O. The Morgan fingerprint density at radius 3 is 2.46 bits per heavy atom. The Balaban J connectivity index is 1.57. The summed E-state index contributed by atoms with van der Waals surface area (Å²) < 4.78 is 0. The topological polar surface area (TPSA) is 23.6 Å². The normalized spacial score (nSPS) is 19.7. The van der Waals surface area contributed by atoms with E-state index in [1.807, 2.05) is 0 Å². The van der Waals surface area contributed by atoms with Gasteiger partial charge in [-0.2, -0.15) is 0 Å². The fraction of sp³-hybridized carbons (Fsp3) is 0.435. The summed E-state index contributed by atoms with van der Waals surface area (Å²) in [6, 6.07) is 20.2. The molecule has 0 bridgehead atoms. The van der Waals surface area contributed by atoms with Gasteiger partial charge in [-0.15, -0.1) is 0 Å². The van der Waals surface area contributed by atoms with Gasteiger partial charge in [-0.3, -0.25) is 9.69 Å². The zero-order valence-corrected chi connectivity index (χ0v) is 15.8. The summed E-state index contributed by atoms with van der Waals surface area (Å²) >= 11 is 0. The Kier molecular flexibility index (Phi) is 4.82. The largest absolute Gasteiger partial charge is 0.336 e. The van der Waals surface area contributed by atoms with Crippen molar-refractivity contribution in [1.29, 1.82) is 0 Å². The van der Waals surface area contributed by atoms with Gasteiger partial charge in [0.05, 0.1) is 6.54 Å². The fourth-order valence-electron chi connectivity index (χ4n) is 4.16. The highest BCUT2D eigenvalue weighted by atomic mass is 16.2. The van der Waals surface area contributed by atoms with Crippen molar-refractivity contribution in [1.82, 2.24) is 9.80 Å². The molecule has 1 saturated carbocycles. The summed E-state index contributed by atoms with van der Waals surface area (Å²) in [5.41, 5.74) is 3.94. The van der Waals surface area contributed by atoms with Crippen molar-refractivity contribution < 1.29 is 4.79 Å². The van der Waals surface area contributed by atoms with Gasteiger partial charge in [-0.1, -0.05) is 54.6 Å². The Hall–Kier alpha value is -2.13. The first-order valence-electron chi connectivity index (χ1n) is 9.79. The monoisotopic (exact) mass is 348 g/mol. The third-order valence-electron chi connectivity index (χ3n) is 5.75. The number of hydrogen-bond acceptors (Lipinski definition) is 2. The van der Waals surface area contributed by atoms with E-state index >= 15 is 0 Å². The number of amides is 1. The highest BCUT2D eigenvalue weighted by Crippen LogP contribution is 2.34. The zero-order chi connectivity index (χ0) is 18.1. The third kappa shape index (κ3) is 3.54. The van der Waals surface area contributed by atoms with E-state index in [1.165, 1.54) is 29.5 Å². The van der Waals surface area contributed by atoms with Gasteiger partial charge in [0.1, 0.15) is 0 Å². The second-order valence-electron chi connectivity index (χ2n) is 7.93. The van der Waals surface area contributed by atoms with Crippen LogP contribution in [0, 0.1) is 0 Å². The second-order valence-corrected chi connectivity index (χ2v) is 7.93. The Morgan fingerprint density at radius 1 is 1.08 bits per heavy atom. The third-order valence-corrected chi connectivity index (χ3v) is 5.75. The van der Waals surface area contributed by atoms with Crippen molar-refractivity contribution in [3.05, 3.63) is 71.3 Å². The Bertz CT molecular complexity index is 765. The Morgan fingerprint density at radius 2 is 1.77 bits per heavy atom. The Labute approximate surface area is 156 Å². The standard InChI is InChI=1S/C23H28N2O/c1-17(2)25(20-12-13-20)16-23(26)24-14-19-10-6-7-11-21(19)22(15-24)18-8-4-3-5-9-18/h3-11,17,20,22H,12-16H2,1-2H3. The van der Waals surface area contributed by atoms with Crippen LogP contribution in [0.1, 0.15) is 49.3 Å². The average Bonchev–Trinajstić information content (AvgIpc) is 3.50. The lowest BCUT2D eigenvalue weighted by Crippen LogP contribution is -2.46. The van der Waals surface area contributed by atoms with E-state index in [0.717, 1.165) is 13.1 Å². The molecule has 136 valence electrons. The predicted molar refractivity (Wildman–Crippen MR) is 105 cm³/mol. The minimum absolute atomic E-state index is 0.263. The predicted octanol–water partition coefficient (Wildman–Crippen LogP) is 4.03. The average molecular weight is 348 g/mol. The number of hydrogen-bond donors (Lipinski definition) is 0. The second kappa shape index (κ2) is 7.24. The van der Waals surface area contributed by atoms with Gasteiger partial charge in [0.25, 0.3) is 0 Å². The van der Waals surface area contributed by atoms with Crippen LogP contribution in [0.4, 0.5) is 0 Å². The van der Waals surface area contributed by atoms with Crippen LogP contribution < -0.4 is 0 Å². The van der Waals surface area contributed by atoms with Crippen molar-refractivity contribution >= 4 is 5.91 Å². The number of fused-ring (bicyclic) bond motifs is 1. The minimum Gasteiger partial charge on any atom is -0.336 e. The highest BCUT2D eigenvalue weighted by molar-refractivity contribution is 5.79. The van der Waals surface area contributed by atoms with Crippen LogP contribution in [-0.2, 0) is 11.3 Å². The van der Waals surface area contributed by atoms with Gasteiger partial charge in [-0.25, -0.2) is 0 Å². The highest BCUT2D eigenvalue weighted by Gasteiger charge is 2.35. The molecule has 2 aromatic rings. The molecule has 1 atom stereocenters.